The summed E-state index contributed by atoms with van der Waals surface area (Å²) in [6.45, 7) is 0.0756. The van der Waals surface area contributed by atoms with Gasteiger partial charge in [-0.05, 0) is 17.7 Å². The average Bonchev–Trinajstić information content (AvgIpc) is 2.14. The van der Waals surface area contributed by atoms with Crippen LogP contribution >= 0.6 is 0 Å². The summed E-state index contributed by atoms with van der Waals surface area (Å²) in [7, 11) is -1.47. The summed E-state index contributed by atoms with van der Waals surface area (Å²) in [6, 6.07) is 6.32. The van der Waals surface area contributed by atoms with E-state index in [4.69, 9.17) is 14.3 Å². The molecule has 1 unspecified atom stereocenters. The number of hydrogen-bond donors (Lipinski definition) is 3. The highest BCUT2D eigenvalue weighted by molar-refractivity contribution is 6.15. The lowest BCUT2D eigenvalue weighted by molar-refractivity contribution is 0.102. The second kappa shape index (κ2) is 4.98. The first kappa shape index (κ1) is 10.2. The normalized spacial score (nSPS) is 13.7. The van der Waals surface area contributed by atoms with Gasteiger partial charge in [-0.25, -0.2) is 0 Å². The zero-order chi connectivity index (χ0) is 9.68. The third kappa shape index (κ3) is 3.15. The summed E-state index contributed by atoms with van der Waals surface area (Å²) < 4.78 is 4.75. The van der Waals surface area contributed by atoms with Crippen LogP contribution in [0.3, 0.4) is 0 Å². The van der Waals surface area contributed by atoms with Crippen molar-refractivity contribution in [3.05, 3.63) is 29.8 Å². The van der Waals surface area contributed by atoms with Crippen LogP contribution in [0.2, 0.25) is 0 Å². The minimum absolute atomic E-state index is 0.0756. The fraction of sp³-hybridized carbons (Fsp3) is 0.250. The molecule has 0 amide bonds. The molecule has 0 radical (unpaired) electrons. The van der Waals surface area contributed by atoms with E-state index in [1.165, 1.54) is 12.1 Å². The summed E-state index contributed by atoms with van der Waals surface area (Å²) in [5, 5.41) is 18.5. The van der Waals surface area contributed by atoms with Crippen molar-refractivity contribution in [1.29, 1.82) is 0 Å². The van der Waals surface area contributed by atoms with Gasteiger partial charge in [0.1, 0.15) is 11.9 Å². The predicted octanol–water partition coefficient (Wildman–Crippen LogP) is -0.567. The molecular weight excluding hydrogens is 188 g/mol. The van der Waals surface area contributed by atoms with E-state index in [9.17, 15) is 5.11 Å². The van der Waals surface area contributed by atoms with Crippen LogP contribution in [-0.4, -0.2) is 31.6 Å². The zero-order valence-corrected chi connectivity index (χ0v) is 8.47. The van der Waals surface area contributed by atoms with Gasteiger partial charge >= 0.3 is 10.0 Å². The molecule has 0 fully saturated rings. The molecule has 0 saturated carbocycles. The van der Waals surface area contributed by atoms with Crippen LogP contribution in [0.1, 0.15) is 11.7 Å². The van der Waals surface area contributed by atoms with Gasteiger partial charge in [0.2, 0.25) is 0 Å². The number of hydrogen-bond acceptors (Lipinski definition) is 4. The Balaban J connectivity index is 2.60. The maximum atomic E-state index is 9.45. The second-order valence-corrected chi connectivity index (χ2v) is 3.28. The molecule has 1 rings (SSSR count). The molecule has 0 aliphatic rings. The molecule has 0 aliphatic heterocycles. The molecule has 5 heteroatoms. The van der Waals surface area contributed by atoms with E-state index in [0.717, 1.165) is 0 Å². The summed E-state index contributed by atoms with van der Waals surface area (Å²) in [4.78, 5) is 8.47. The Morgan fingerprint density at radius 2 is 2.23 bits per heavy atom. The number of rotatable bonds is 4. The van der Waals surface area contributed by atoms with Crippen LogP contribution in [0.25, 0.3) is 0 Å². The summed E-state index contributed by atoms with van der Waals surface area (Å²) in [5.41, 5.74) is 0.586. The lowest BCUT2D eigenvalue weighted by Crippen LogP contribution is -2.09. The minimum atomic E-state index is -1.47. The lowest BCUT2D eigenvalue weighted by Gasteiger charge is -2.10. The highest BCUT2D eigenvalue weighted by atomic mass is 28.2. The Morgan fingerprint density at radius 1 is 1.46 bits per heavy atom. The number of aromatic hydroxyl groups is 1. The molecule has 3 N–H and O–H groups in total. The van der Waals surface area contributed by atoms with E-state index >= 15 is 0 Å². The smallest absolute Gasteiger partial charge is 0.301 e. The number of aliphatic hydroxyl groups is 1. The fourth-order valence-corrected chi connectivity index (χ4v) is 1.32. The van der Waals surface area contributed by atoms with Crippen molar-refractivity contribution in [2.24, 2.45) is 0 Å². The van der Waals surface area contributed by atoms with Crippen LogP contribution in [0.15, 0.2) is 24.3 Å². The Bertz CT molecular complexity index is 266. The molecule has 72 valence electrons. The Labute approximate surface area is 78.5 Å². The van der Waals surface area contributed by atoms with Crippen LogP contribution in [0, 0.1) is 0 Å². The topological polar surface area (TPSA) is 69.9 Å². The van der Waals surface area contributed by atoms with Gasteiger partial charge in [0, 0.05) is 0 Å². The molecule has 1 atom stereocenters. The Hall–Kier alpha value is -0.883. The molecule has 0 heterocycles. The average molecular weight is 200 g/mol. The molecule has 0 aliphatic carbocycles. The molecule has 1 aromatic carbocycles. The van der Waals surface area contributed by atoms with Crippen LogP contribution < -0.4 is 0 Å². The number of benzene rings is 1. The van der Waals surface area contributed by atoms with Crippen molar-refractivity contribution < 1.29 is 19.4 Å². The van der Waals surface area contributed by atoms with Crippen molar-refractivity contribution in [2.75, 3.05) is 6.61 Å². The second-order valence-electron chi connectivity index (χ2n) is 2.61. The Morgan fingerprint density at radius 3 is 2.85 bits per heavy atom. The fourth-order valence-electron chi connectivity index (χ4n) is 0.993. The van der Waals surface area contributed by atoms with Gasteiger partial charge < -0.3 is 19.4 Å². The Kier molecular flexibility index (Phi) is 3.91. The van der Waals surface area contributed by atoms with Crippen molar-refractivity contribution in [3.63, 3.8) is 0 Å². The van der Waals surface area contributed by atoms with E-state index < -0.39 is 16.1 Å². The van der Waals surface area contributed by atoms with Gasteiger partial charge in [0.15, 0.2) is 0 Å². The molecule has 0 saturated heterocycles. The van der Waals surface area contributed by atoms with Gasteiger partial charge in [-0.3, -0.25) is 0 Å². The minimum Gasteiger partial charge on any atom is -0.508 e. The molecular formula is C8H12O4Si. The molecule has 13 heavy (non-hydrogen) atoms. The zero-order valence-electron chi connectivity index (χ0n) is 7.05. The third-order valence-electron chi connectivity index (χ3n) is 1.62. The van der Waals surface area contributed by atoms with E-state index in [1.54, 1.807) is 12.1 Å². The molecule has 0 aromatic heterocycles. The number of aliphatic hydroxyl groups excluding tert-OH is 1. The molecule has 1 aromatic rings. The van der Waals surface area contributed by atoms with Crippen LogP contribution in [0.4, 0.5) is 0 Å². The standard InChI is InChI=1S/C8H12O4Si/c9-7-3-1-2-6(4-7)8(10)5-12-13-11/h1-4,8-11H,5,13H2. The van der Waals surface area contributed by atoms with Crippen molar-refractivity contribution in [3.8, 4) is 5.75 Å². The van der Waals surface area contributed by atoms with E-state index in [1.807, 2.05) is 0 Å². The molecule has 0 bridgehead atoms. The number of phenols is 1. The highest BCUT2D eigenvalue weighted by Crippen LogP contribution is 2.17. The quantitative estimate of drug-likeness (QED) is 0.569. The monoisotopic (exact) mass is 200 g/mol. The lowest BCUT2D eigenvalue weighted by atomic mass is 10.1. The first-order chi connectivity index (χ1) is 6.24. The molecule has 4 nitrogen and oxygen atoms in total. The van der Waals surface area contributed by atoms with E-state index in [0.29, 0.717) is 5.56 Å². The van der Waals surface area contributed by atoms with Gasteiger partial charge in [0.05, 0.1) is 6.61 Å². The van der Waals surface area contributed by atoms with Gasteiger partial charge in [-0.2, -0.15) is 0 Å². The highest BCUT2D eigenvalue weighted by Gasteiger charge is 2.07. The van der Waals surface area contributed by atoms with Crippen molar-refractivity contribution >= 4 is 10.0 Å². The van der Waals surface area contributed by atoms with E-state index in [-0.39, 0.29) is 12.4 Å². The maximum Gasteiger partial charge on any atom is 0.301 e. The largest absolute Gasteiger partial charge is 0.508 e. The summed E-state index contributed by atoms with van der Waals surface area (Å²) in [6.07, 6.45) is -0.785. The van der Waals surface area contributed by atoms with Gasteiger partial charge in [0.25, 0.3) is 0 Å². The van der Waals surface area contributed by atoms with Crippen molar-refractivity contribution in [1.82, 2.24) is 0 Å². The first-order valence-corrected chi connectivity index (χ1v) is 5.10. The third-order valence-corrected chi connectivity index (χ3v) is 2.04. The van der Waals surface area contributed by atoms with Crippen LogP contribution in [-0.2, 0) is 4.43 Å². The SMILES string of the molecule is O[SiH2]OCC(O)c1cccc(O)c1. The summed E-state index contributed by atoms with van der Waals surface area (Å²) in [5.74, 6) is 0.109. The first-order valence-electron chi connectivity index (χ1n) is 3.89. The van der Waals surface area contributed by atoms with Crippen LogP contribution in [0.5, 0.6) is 5.75 Å². The van der Waals surface area contributed by atoms with Gasteiger partial charge in [-0.1, -0.05) is 12.1 Å². The number of phenolic OH excluding ortho intramolecular Hbond substituents is 1. The van der Waals surface area contributed by atoms with Crippen molar-refractivity contribution in [2.45, 2.75) is 6.10 Å². The predicted molar refractivity (Wildman–Crippen MR) is 49.8 cm³/mol. The van der Waals surface area contributed by atoms with E-state index in [2.05, 4.69) is 0 Å². The maximum absolute atomic E-state index is 9.45. The summed E-state index contributed by atoms with van der Waals surface area (Å²) >= 11 is 0. The van der Waals surface area contributed by atoms with Gasteiger partial charge in [-0.15, -0.1) is 0 Å². The molecule has 0 spiro atoms.